The minimum atomic E-state index is -1.88. The van der Waals surface area contributed by atoms with E-state index in [1.54, 1.807) is 0 Å². The van der Waals surface area contributed by atoms with E-state index in [4.69, 9.17) is 8.85 Å². The van der Waals surface area contributed by atoms with Crippen LogP contribution in [-0.4, -0.2) is 21.8 Å². The van der Waals surface area contributed by atoms with E-state index in [0.29, 0.717) is 0 Å². The number of hydrogen-bond donors (Lipinski definition) is 0. The Morgan fingerprint density at radius 1 is 0.762 bits per heavy atom. The first-order chi connectivity index (χ1) is 10.1. The fourth-order valence-electron chi connectivity index (χ4n) is 2.34. The third-order valence-corrected chi connectivity index (χ3v) is 5.52. The van der Waals surface area contributed by atoms with Crippen LogP contribution in [-0.2, 0) is 8.85 Å². The van der Waals surface area contributed by atoms with E-state index < -0.39 is 8.56 Å². The Bertz CT molecular complexity index is 229. The van der Waals surface area contributed by atoms with Crippen molar-refractivity contribution in [3.63, 3.8) is 0 Å². The third-order valence-electron chi connectivity index (χ3n) is 3.72. The van der Waals surface area contributed by atoms with Gasteiger partial charge in [0, 0.05) is 13.2 Å². The van der Waals surface area contributed by atoms with Gasteiger partial charge in [0.05, 0.1) is 0 Å². The summed E-state index contributed by atoms with van der Waals surface area (Å²) in [5.74, 6) is 0. The molecule has 0 aromatic heterocycles. The molecule has 0 saturated heterocycles. The lowest BCUT2D eigenvalue weighted by Crippen LogP contribution is -2.35. The lowest BCUT2D eigenvalue weighted by atomic mass is 10.1. The second kappa shape index (κ2) is 14.8. The van der Waals surface area contributed by atoms with E-state index in [9.17, 15) is 0 Å². The van der Waals surface area contributed by atoms with Crippen LogP contribution in [0.15, 0.2) is 12.7 Å². The minimum Gasteiger partial charge on any atom is -0.395 e. The van der Waals surface area contributed by atoms with Crippen molar-refractivity contribution in [2.24, 2.45) is 0 Å². The van der Waals surface area contributed by atoms with Gasteiger partial charge in [0.1, 0.15) is 0 Å². The smallest absolute Gasteiger partial charge is 0.331 e. The molecule has 0 radical (unpaired) electrons. The maximum atomic E-state index is 5.93. The molecule has 0 aliphatic carbocycles. The van der Waals surface area contributed by atoms with Crippen LogP contribution in [0.25, 0.3) is 0 Å². The Kier molecular flexibility index (Phi) is 14.7. The predicted octanol–water partition coefficient (Wildman–Crippen LogP) is 6.22. The van der Waals surface area contributed by atoms with E-state index in [1.807, 2.05) is 6.08 Å². The van der Waals surface area contributed by atoms with Crippen molar-refractivity contribution in [2.75, 3.05) is 13.2 Å². The molecule has 0 spiro atoms. The van der Waals surface area contributed by atoms with Crippen molar-refractivity contribution in [1.29, 1.82) is 0 Å². The highest BCUT2D eigenvalue weighted by Crippen LogP contribution is 2.12. The van der Waals surface area contributed by atoms with Crippen LogP contribution in [0.4, 0.5) is 0 Å². The molecule has 0 aliphatic rings. The maximum absolute atomic E-state index is 5.93. The summed E-state index contributed by atoms with van der Waals surface area (Å²) in [6, 6.07) is 0. The van der Waals surface area contributed by atoms with Gasteiger partial charge in [0.15, 0.2) is 0 Å². The Hall–Kier alpha value is -0.123. The van der Waals surface area contributed by atoms with Gasteiger partial charge in [-0.3, -0.25) is 0 Å². The Morgan fingerprint density at radius 2 is 1.24 bits per heavy atom. The Labute approximate surface area is 134 Å². The van der Waals surface area contributed by atoms with Crippen molar-refractivity contribution in [1.82, 2.24) is 0 Å². The average Bonchev–Trinajstić information content (AvgIpc) is 2.45. The largest absolute Gasteiger partial charge is 0.395 e. The molecule has 0 N–H and O–H groups in total. The molecule has 0 fully saturated rings. The minimum absolute atomic E-state index is 0.751. The zero-order chi connectivity index (χ0) is 15.8. The molecule has 0 amide bonds. The molecule has 0 rings (SSSR count). The van der Waals surface area contributed by atoms with Gasteiger partial charge in [-0.1, -0.05) is 70.8 Å². The monoisotopic (exact) mass is 314 g/mol. The quantitative estimate of drug-likeness (QED) is 0.191. The van der Waals surface area contributed by atoms with Crippen LogP contribution in [0.3, 0.4) is 0 Å². The number of rotatable bonds is 16. The number of unbranched alkanes of at least 4 members (excludes halogenated alkanes) is 9. The first-order valence-electron chi connectivity index (χ1n) is 9.01. The summed E-state index contributed by atoms with van der Waals surface area (Å²) in [5, 5.41) is 0. The molecule has 0 bridgehead atoms. The van der Waals surface area contributed by atoms with Gasteiger partial charge >= 0.3 is 8.56 Å². The molecule has 0 aromatic carbocycles. The standard InChI is InChI=1S/C18H38O2Si/c1-5-7-9-10-11-12-13-14-15-16-18-20-21(3,4)19-17-8-6-2/h6H,2,5,7-18H2,1,3-4H3. The Morgan fingerprint density at radius 3 is 1.76 bits per heavy atom. The maximum Gasteiger partial charge on any atom is 0.331 e. The second-order valence-electron chi connectivity index (χ2n) is 6.36. The van der Waals surface area contributed by atoms with Crippen molar-refractivity contribution < 1.29 is 8.85 Å². The van der Waals surface area contributed by atoms with Gasteiger partial charge in [-0.05, 0) is 25.9 Å². The van der Waals surface area contributed by atoms with E-state index in [-0.39, 0.29) is 0 Å². The summed E-state index contributed by atoms with van der Waals surface area (Å²) in [5.41, 5.74) is 0. The lowest BCUT2D eigenvalue weighted by molar-refractivity contribution is 0.178. The summed E-state index contributed by atoms with van der Waals surface area (Å²) < 4.78 is 11.7. The topological polar surface area (TPSA) is 18.5 Å². The molecule has 3 heteroatoms. The van der Waals surface area contributed by atoms with E-state index in [2.05, 4.69) is 26.6 Å². The molecule has 0 aliphatic heterocycles. The van der Waals surface area contributed by atoms with E-state index in [1.165, 1.54) is 64.2 Å². The van der Waals surface area contributed by atoms with Crippen LogP contribution in [0.5, 0.6) is 0 Å². The predicted molar refractivity (Wildman–Crippen MR) is 96.0 cm³/mol. The molecule has 2 nitrogen and oxygen atoms in total. The summed E-state index contributed by atoms with van der Waals surface area (Å²) in [6.07, 6.45) is 16.5. The highest BCUT2D eigenvalue weighted by Gasteiger charge is 2.23. The average molecular weight is 315 g/mol. The molecule has 0 atom stereocenters. The van der Waals surface area contributed by atoms with Crippen LogP contribution in [0.1, 0.15) is 77.6 Å². The molecule has 0 heterocycles. The van der Waals surface area contributed by atoms with Gasteiger partial charge in [0.25, 0.3) is 0 Å². The van der Waals surface area contributed by atoms with Crippen molar-refractivity contribution >= 4 is 8.56 Å². The third kappa shape index (κ3) is 16.1. The molecular weight excluding hydrogens is 276 g/mol. The first kappa shape index (κ1) is 20.9. The van der Waals surface area contributed by atoms with Gasteiger partial charge < -0.3 is 8.85 Å². The molecule has 0 aromatic rings. The molecule has 126 valence electrons. The molecule has 0 saturated carbocycles. The van der Waals surface area contributed by atoms with Gasteiger partial charge in [-0.25, -0.2) is 0 Å². The van der Waals surface area contributed by atoms with Crippen molar-refractivity contribution in [3.05, 3.63) is 12.7 Å². The summed E-state index contributed by atoms with van der Waals surface area (Å²) in [6.45, 7) is 11.9. The molecule has 0 unspecified atom stereocenters. The van der Waals surface area contributed by atoms with E-state index in [0.717, 1.165) is 19.6 Å². The Balaban J connectivity index is 3.25. The zero-order valence-electron chi connectivity index (χ0n) is 14.8. The summed E-state index contributed by atoms with van der Waals surface area (Å²) in [7, 11) is -1.88. The summed E-state index contributed by atoms with van der Waals surface area (Å²) >= 11 is 0. The number of hydrogen-bond acceptors (Lipinski definition) is 2. The van der Waals surface area contributed by atoms with Gasteiger partial charge in [-0.15, -0.1) is 6.58 Å². The fourth-order valence-corrected chi connectivity index (χ4v) is 3.67. The first-order valence-corrected chi connectivity index (χ1v) is 11.8. The van der Waals surface area contributed by atoms with Crippen LogP contribution in [0.2, 0.25) is 13.1 Å². The van der Waals surface area contributed by atoms with Crippen LogP contribution >= 0.6 is 0 Å². The summed E-state index contributed by atoms with van der Waals surface area (Å²) in [4.78, 5) is 0. The normalized spacial score (nSPS) is 11.8. The molecule has 21 heavy (non-hydrogen) atoms. The van der Waals surface area contributed by atoms with Crippen molar-refractivity contribution in [2.45, 2.75) is 90.6 Å². The van der Waals surface area contributed by atoms with Crippen LogP contribution in [0, 0.1) is 0 Å². The van der Waals surface area contributed by atoms with E-state index >= 15 is 0 Å². The lowest BCUT2D eigenvalue weighted by Gasteiger charge is -2.22. The zero-order valence-corrected chi connectivity index (χ0v) is 15.8. The molecular formula is C18H38O2Si. The fraction of sp³-hybridized carbons (Fsp3) is 0.889. The van der Waals surface area contributed by atoms with Gasteiger partial charge in [0.2, 0.25) is 0 Å². The van der Waals surface area contributed by atoms with Gasteiger partial charge in [-0.2, -0.15) is 0 Å². The second-order valence-corrected chi connectivity index (χ2v) is 9.73. The highest BCUT2D eigenvalue weighted by atomic mass is 28.4. The highest BCUT2D eigenvalue weighted by molar-refractivity contribution is 6.64. The van der Waals surface area contributed by atoms with Crippen LogP contribution < -0.4 is 0 Å². The SMILES string of the molecule is C=CCCO[Si](C)(C)OCCCCCCCCCCCC. The van der Waals surface area contributed by atoms with Crippen molar-refractivity contribution in [3.8, 4) is 0 Å².